The highest BCUT2D eigenvalue weighted by molar-refractivity contribution is 7.17. The maximum atomic E-state index is 13.0. The van der Waals surface area contributed by atoms with Gasteiger partial charge in [-0.3, -0.25) is 4.79 Å². The Kier molecular flexibility index (Phi) is 5.44. The molecule has 0 radical (unpaired) electrons. The number of aryl methyl sites for hydroxylation is 1. The Hall–Kier alpha value is -3.00. The largest absolute Gasteiger partial charge is 0.361 e. The minimum absolute atomic E-state index is 0.192. The Bertz CT molecular complexity index is 1010. The van der Waals surface area contributed by atoms with Crippen LogP contribution in [0.15, 0.2) is 36.5 Å². The number of anilines is 3. The molecule has 2 aromatic heterocycles. The summed E-state index contributed by atoms with van der Waals surface area (Å²) in [4.78, 5) is 31.4. The molecule has 150 valence electrons. The molecule has 0 bridgehead atoms. The zero-order valence-electron chi connectivity index (χ0n) is 16.8. The van der Waals surface area contributed by atoms with Gasteiger partial charge in [-0.25, -0.2) is 9.97 Å². The average molecular weight is 409 g/mol. The molecule has 1 saturated heterocycles. The molecule has 0 saturated carbocycles. The van der Waals surface area contributed by atoms with Gasteiger partial charge in [0.25, 0.3) is 5.91 Å². The maximum Gasteiger partial charge on any atom is 0.267 e. The fourth-order valence-electron chi connectivity index (χ4n) is 3.35. The van der Waals surface area contributed by atoms with E-state index in [-0.39, 0.29) is 5.91 Å². The number of aromatic nitrogens is 3. The summed E-state index contributed by atoms with van der Waals surface area (Å²) in [6, 6.07) is 9.89. The van der Waals surface area contributed by atoms with Gasteiger partial charge in [0.05, 0.1) is 11.9 Å². The van der Waals surface area contributed by atoms with E-state index in [0.717, 1.165) is 36.5 Å². The Morgan fingerprint density at radius 3 is 2.55 bits per heavy atom. The van der Waals surface area contributed by atoms with Gasteiger partial charge in [0.1, 0.15) is 15.6 Å². The summed E-state index contributed by atoms with van der Waals surface area (Å²) < 4.78 is 0. The van der Waals surface area contributed by atoms with Crippen molar-refractivity contribution in [2.24, 2.45) is 0 Å². The van der Waals surface area contributed by atoms with Crippen molar-refractivity contribution in [3.63, 3.8) is 0 Å². The van der Waals surface area contributed by atoms with Gasteiger partial charge in [-0.2, -0.15) is 4.98 Å². The number of nitrogens with zero attached hydrogens (tertiary/aromatic N) is 5. The Morgan fingerprint density at radius 2 is 1.86 bits per heavy atom. The molecule has 0 spiro atoms. The topological polar surface area (TPSA) is 74.2 Å². The summed E-state index contributed by atoms with van der Waals surface area (Å²) in [5, 5.41) is 3.81. The summed E-state index contributed by atoms with van der Waals surface area (Å²) in [5.41, 5.74) is 2.32. The lowest BCUT2D eigenvalue weighted by Gasteiger charge is -2.20. The number of benzene rings is 1. The molecule has 7 nitrogen and oxygen atoms in total. The van der Waals surface area contributed by atoms with E-state index in [1.165, 1.54) is 11.3 Å². The van der Waals surface area contributed by atoms with E-state index < -0.39 is 0 Å². The van der Waals surface area contributed by atoms with Crippen LogP contribution in [0.2, 0.25) is 0 Å². The van der Waals surface area contributed by atoms with E-state index in [1.807, 2.05) is 56.3 Å². The first-order valence-corrected chi connectivity index (χ1v) is 10.5. The second-order valence-electron chi connectivity index (χ2n) is 7.25. The molecule has 0 unspecified atom stereocenters. The van der Waals surface area contributed by atoms with Gasteiger partial charge in [-0.1, -0.05) is 30.3 Å². The second kappa shape index (κ2) is 8.16. The van der Waals surface area contributed by atoms with Gasteiger partial charge in [-0.15, -0.1) is 11.3 Å². The molecule has 0 aliphatic carbocycles. The average Bonchev–Trinajstić information content (AvgIpc) is 3.39. The summed E-state index contributed by atoms with van der Waals surface area (Å²) in [6.07, 6.45) is 4.02. The summed E-state index contributed by atoms with van der Waals surface area (Å²) >= 11 is 1.39. The number of rotatable bonds is 5. The lowest BCUT2D eigenvalue weighted by atomic mass is 10.2. The molecule has 0 atom stereocenters. The molecule has 1 amide bonds. The van der Waals surface area contributed by atoms with Crippen molar-refractivity contribution in [3.8, 4) is 10.6 Å². The van der Waals surface area contributed by atoms with Crippen LogP contribution >= 0.6 is 11.3 Å². The minimum Gasteiger partial charge on any atom is -0.361 e. The van der Waals surface area contributed by atoms with E-state index in [1.54, 1.807) is 6.20 Å². The molecule has 8 heteroatoms. The molecule has 1 aromatic carbocycles. The van der Waals surface area contributed by atoms with Crippen molar-refractivity contribution >= 4 is 34.7 Å². The summed E-state index contributed by atoms with van der Waals surface area (Å²) in [6.45, 7) is 3.81. The fraction of sp³-hybridized carbons (Fsp3) is 0.333. The molecule has 1 N–H and O–H groups in total. The molecule has 4 rings (SSSR count). The van der Waals surface area contributed by atoms with Gasteiger partial charge in [0, 0.05) is 32.7 Å². The highest BCUT2D eigenvalue weighted by atomic mass is 32.1. The Morgan fingerprint density at radius 1 is 1.14 bits per heavy atom. The van der Waals surface area contributed by atoms with Gasteiger partial charge in [0.15, 0.2) is 5.82 Å². The van der Waals surface area contributed by atoms with Crippen LogP contribution in [0.1, 0.15) is 28.2 Å². The molecular formula is C21H24N6OS. The lowest BCUT2D eigenvalue weighted by Crippen LogP contribution is -2.23. The number of hydrogen-bond donors (Lipinski definition) is 1. The van der Waals surface area contributed by atoms with Gasteiger partial charge in [-0.05, 0) is 19.8 Å². The van der Waals surface area contributed by atoms with Crippen LogP contribution < -0.4 is 15.1 Å². The van der Waals surface area contributed by atoms with E-state index in [9.17, 15) is 4.79 Å². The van der Waals surface area contributed by atoms with Crippen molar-refractivity contribution in [1.29, 1.82) is 0 Å². The van der Waals surface area contributed by atoms with E-state index in [2.05, 4.69) is 25.2 Å². The fourth-order valence-corrected chi connectivity index (χ4v) is 4.32. The molecule has 3 heterocycles. The summed E-state index contributed by atoms with van der Waals surface area (Å²) in [7, 11) is 3.83. The van der Waals surface area contributed by atoms with Crippen LogP contribution in [0.3, 0.4) is 0 Å². The Labute approximate surface area is 174 Å². The normalized spacial score (nSPS) is 13.6. The third-order valence-corrected chi connectivity index (χ3v) is 6.05. The van der Waals surface area contributed by atoms with Crippen molar-refractivity contribution in [3.05, 3.63) is 47.1 Å². The number of thiazole rings is 1. The van der Waals surface area contributed by atoms with Crippen LogP contribution in [0, 0.1) is 6.92 Å². The standard InChI is InChI=1S/C21H24N6OS/c1-14-17(29-20(23-14)15-9-5-4-6-10-15)19(28)24-16-13-22-21(25-18(16)26(2)3)27-11-7-8-12-27/h4-6,9-10,13H,7-8,11-12H2,1-3H3,(H,24,28). The van der Waals surface area contributed by atoms with Gasteiger partial charge in [0.2, 0.25) is 5.95 Å². The highest BCUT2D eigenvalue weighted by Gasteiger charge is 2.21. The first kappa shape index (κ1) is 19.3. The molecule has 3 aromatic rings. The monoisotopic (exact) mass is 408 g/mol. The van der Waals surface area contributed by atoms with Crippen molar-refractivity contribution < 1.29 is 4.79 Å². The smallest absolute Gasteiger partial charge is 0.267 e. The van der Waals surface area contributed by atoms with Crippen LogP contribution in [0.4, 0.5) is 17.5 Å². The summed E-state index contributed by atoms with van der Waals surface area (Å²) in [5.74, 6) is 1.22. The first-order valence-electron chi connectivity index (χ1n) is 9.66. The lowest BCUT2D eigenvalue weighted by molar-refractivity contribution is 0.102. The third kappa shape index (κ3) is 4.07. The zero-order valence-corrected chi connectivity index (χ0v) is 17.7. The van der Waals surface area contributed by atoms with Crippen molar-refractivity contribution in [2.45, 2.75) is 19.8 Å². The van der Waals surface area contributed by atoms with Crippen LogP contribution in [0.5, 0.6) is 0 Å². The number of carbonyl (C=O) groups excluding carboxylic acids is 1. The molecule has 1 aliphatic heterocycles. The van der Waals surface area contributed by atoms with E-state index in [0.29, 0.717) is 28.0 Å². The van der Waals surface area contributed by atoms with Crippen LogP contribution in [-0.4, -0.2) is 48.0 Å². The van der Waals surface area contributed by atoms with Crippen molar-refractivity contribution in [1.82, 2.24) is 15.0 Å². The highest BCUT2D eigenvalue weighted by Crippen LogP contribution is 2.30. The third-order valence-electron chi connectivity index (χ3n) is 4.84. The van der Waals surface area contributed by atoms with Gasteiger partial charge >= 0.3 is 0 Å². The molecule has 29 heavy (non-hydrogen) atoms. The second-order valence-corrected chi connectivity index (χ2v) is 8.25. The van der Waals surface area contributed by atoms with E-state index in [4.69, 9.17) is 0 Å². The molecule has 1 aliphatic rings. The Balaban J connectivity index is 1.59. The molecule has 1 fully saturated rings. The van der Waals surface area contributed by atoms with Gasteiger partial charge < -0.3 is 15.1 Å². The predicted octanol–water partition coefficient (Wildman–Crippen LogP) is 3.83. The quantitative estimate of drug-likeness (QED) is 0.692. The minimum atomic E-state index is -0.192. The number of carbonyl (C=O) groups is 1. The van der Waals surface area contributed by atoms with Crippen molar-refractivity contribution in [2.75, 3.05) is 42.3 Å². The molecular weight excluding hydrogens is 384 g/mol. The van der Waals surface area contributed by atoms with Crippen LogP contribution in [-0.2, 0) is 0 Å². The first-order chi connectivity index (χ1) is 14.0. The number of amides is 1. The predicted molar refractivity (Wildman–Crippen MR) is 118 cm³/mol. The maximum absolute atomic E-state index is 13.0. The number of hydrogen-bond acceptors (Lipinski definition) is 7. The van der Waals surface area contributed by atoms with E-state index >= 15 is 0 Å². The zero-order chi connectivity index (χ0) is 20.4. The number of nitrogens with one attached hydrogen (secondary N) is 1. The van der Waals surface area contributed by atoms with Crippen LogP contribution in [0.25, 0.3) is 10.6 Å². The SMILES string of the molecule is Cc1nc(-c2ccccc2)sc1C(=O)Nc1cnc(N2CCCC2)nc1N(C)C.